The summed E-state index contributed by atoms with van der Waals surface area (Å²) < 4.78 is 0. The number of nitrogens with two attached hydrogens (primary N) is 8. The highest BCUT2D eigenvalue weighted by atomic mass is 16.4. The summed E-state index contributed by atoms with van der Waals surface area (Å²) in [5.74, 6) is -5.19. The van der Waals surface area contributed by atoms with Crippen molar-refractivity contribution in [3.05, 3.63) is 0 Å². The highest BCUT2D eigenvalue weighted by Gasteiger charge is 2.53. The van der Waals surface area contributed by atoms with Crippen molar-refractivity contribution < 1.29 is 59.1 Å². The van der Waals surface area contributed by atoms with Gasteiger partial charge in [0.2, 0.25) is 23.6 Å². The highest BCUT2D eigenvalue weighted by Crippen LogP contribution is 2.43. The number of nitrogens with zero attached hydrogens (tertiary/aromatic N) is 4. The number of carboxylic acids is 3. The summed E-state index contributed by atoms with van der Waals surface area (Å²) in [7, 11) is 0. The van der Waals surface area contributed by atoms with E-state index < -0.39 is 71.8 Å². The number of carboxylic acid groups (broad SMARTS) is 3. The third-order valence-corrected chi connectivity index (χ3v) is 19.1. The van der Waals surface area contributed by atoms with Gasteiger partial charge in [-0.1, -0.05) is 114 Å². The largest absolute Gasteiger partial charge is 0.481 e. The lowest BCUT2D eigenvalue weighted by Crippen LogP contribution is -2.51. The number of carbonyl (C=O) groups is 7. The predicted molar refractivity (Wildman–Crippen MR) is 360 cm³/mol. The maximum absolute atomic E-state index is 11.8. The molecule has 28 nitrogen and oxygen atoms in total. The Kier molecular flexibility index (Phi) is 37.8. The van der Waals surface area contributed by atoms with Gasteiger partial charge in [0.05, 0.1) is 54.1 Å². The van der Waals surface area contributed by atoms with E-state index in [0.29, 0.717) is 36.5 Å². The molecule has 0 aromatic rings. The molecular weight excluding hydrogens is 1180 g/mol. The van der Waals surface area contributed by atoms with E-state index in [9.17, 15) is 59.1 Å². The van der Waals surface area contributed by atoms with Crippen LogP contribution in [-0.2, 0) is 33.6 Å². The Bertz CT molecular complexity index is 2400. The van der Waals surface area contributed by atoms with E-state index in [1.807, 2.05) is 13.8 Å². The Balaban J connectivity index is 0.000000615. The Morgan fingerprint density at radius 1 is 0.391 bits per heavy atom. The lowest BCUT2D eigenvalue weighted by molar-refractivity contribution is -0.146. The van der Waals surface area contributed by atoms with Crippen LogP contribution in [0, 0.1) is 71.0 Å². The maximum Gasteiger partial charge on any atom is 0.309 e. The SMILES string of the molecule is CCC(CC)C(NC(C)=O)[C@@H]1C[C@@H](C)C[C@H]1N=C(N)N.CCC(CC)C(NC(C)=O)[C@@H]1[C@H](O)[C@@H](C(=O)O)C[C@H]1N=C(N)N.CCCC(CCC)C(NC(C)=O)[C@@H]1C[C@@H](C(=O)O)C[C@H]1N=C(N)N.CCCC(CCC)[C@H](NC(C)=O)C1[C@H](N=C(N)N)C[C@H](C(=O)O)[C@H]1O. The first kappa shape index (κ1) is 83.3. The molecule has 0 bridgehead atoms. The topological polar surface area (TPSA) is 526 Å². The van der Waals surface area contributed by atoms with Crippen molar-refractivity contribution in [2.24, 2.45) is 137 Å². The molecule has 0 heterocycles. The van der Waals surface area contributed by atoms with Crippen LogP contribution >= 0.6 is 0 Å². The first-order valence-electron chi connectivity index (χ1n) is 33.6. The van der Waals surface area contributed by atoms with Crippen LogP contribution in [0.1, 0.15) is 206 Å². The monoisotopic (exact) mass is 1310 g/mol. The Morgan fingerprint density at radius 2 is 0.674 bits per heavy atom. The molecule has 0 saturated heterocycles. The molecule has 0 radical (unpaired) electrons. The number of aliphatic carboxylic acids is 3. The summed E-state index contributed by atoms with van der Waals surface area (Å²) in [6, 6.07) is -1.88. The molecule has 4 aliphatic carbocycles. The van der Waals surface area contributed by atoms with Gasteiger partial charge in [0.1, 0.15) is 0 Å². The maximum atomic E-state index is 11.8. The van der Waals surface area contributed by atoms with Gasteiger partial charge in [-0.05, 0) is 93.8 Å². The summed E-state index contributed by atoms with van der Waals surface area (Å²) in [6.07, 6.45) is 12.4. The van der Waals surface area contributed by atoms with Crippen LogP contribution < -0.4 is 67.1 Å². The smallest absolute Gasteiger partial charge is 0.309 e. The zero-order valence-corrected chi connectivity index (χ0v) is 57.4. The standard InChI is InChI=1S/C17H32N4O4.C17H32N4O3.C15H28N4O4.C15H30N4O/c1-4-6-10(7-5-2)14(20-9(3)22)13-12(21-17(18)19)8-11(15(13)23)16(24)25;1-4-6-11(7-5-2)15(20-10(3)22)13-8-12(16(23)24)9-14(13)21-17(18)19;1-4-8(5-2)12(18-7(3)20)11-10(19-15(16)17)6-9(13(11)21)14(22)23;1-5-11(6-2)14(18-10(4)20)12-7-9(3)8-13(12)19-15(16)17/h10-15,23H,4-8H2,1-3H3,(H,20,22)(H,24,25)(H4,18,19,21);11-15H,4-9H2,1-3H3,(H,20,22)(H,23,24)(H4,18,19,21);8-13,21H,4-6H2,1-3H3,(H,18,20)(H,22,23)(H4,16,17,19);9,11-14H,5-8H2,1-4H3,(H,18,20)(H4,16,17,19)/t11-,12+,13?,14-,15+;12-,13-,14-,15?;9-,10+,11+,12?,13+;9-,12-,13-,14?/m0101/s1. The van der Waals surface area contributed by atoms with E-state index in [1.54, 1.807) is 6.92 Å². The number of hydrogen-bond acceptors (Lipinski definition) is 13. The lowest BCUT2D eigenvalue weighted by Gasteiger charge is -2.36. The number of nitrogens with one attached hydrogen (secondary N) is 4. The second-order valence-corrected chi connectivity index (χ2v) is 26.1. The third-order valence-electron chi connectivity index (χ3n) is 19.1. The van der Waals surface area contributed by atoms with Gasteiger partial charge in [-0.25, -0.2) is 20.0 Å². The fourth-order valence-corrected chi connectivity index (χ4v) is 15.4. The fourth-order valence-electron chi connectivity index (χ4n) is 15.4. The zero-order chi connectivity index (χ0) is 70.4. The van der Waals surface area contributed by atoms with Gasteiger partial charge in [-0.3, -0.25) is 33.6 Å². The molecule has 4 unspecified atom stereocenters. The van der Waals surface area contributed by atoms with Crippen LogP contribution in [0.2, 0.25) is 0 Å². The molecule has 0 aromatic carbocycles. The molecule has 4 saturated carbocycles. The summed E-state index contributed by atoms with van der Waals surface area (Å²) in [4.78, 5) is 98.0. The van der Waals surface area contributed by atoms with Gasteiger partial charge in [0.25, 0.3) is 0 Å². The van der Waals surface area contributed by atoms with E-state index >= 15 is 0 Å². The molecule has 0 aromatic heterocycles. The van der Waals surface area contributed by atoms with Crippen LogP contribution in [0.15, 0.2) is 20.0 Å². The van der Waals surface area contributed by atoms with Gasteiger partial charge in [0.15, 0.2) is 23.8 Å². The van der Waals surface area contributed by atoms with Crippen molar-refractivity contribution in [2.75, 3.05) is 0 Å². The van der Waals surface area contributed by atoms with E-state index in [1.165, 1.54) is 20.8 Å². The fraction of sp³-hybridized carbons (Fsp3) is 0.828. The van der Waals surface area contributed by atoms with Gasteiger partial charge in [-0.15, -0.1) is 0 Å². The second-order valence-electron chi connectivity index (χ2n) is 26.1. The predicted octanol–water partition coefficient (Wildman–Crippen LogP) is 3.16. The van der Waals surface area contributed by atoms with Crippen molar-refractivity contribution >= 4 is 65.4 Å². The molecule has 4 amide bonds. The molecule has 4 aliphatic rings. The van der Waals surface area contributed by atoms with Gasteiger partial charge >= 0.3 is 17.9 Å². The molecule has 28 heteroatoms. The van der Waals surface area contributed by atoms with Crippen LogP contribution in [0.5, 0.6) is 0 Å². The lowest BCUT2D eigenvalue weighted by atomic mass is 9.79. The van der Waals surface area contributed by atoms with Crippen molar-refractivity contribution in [3.63, 3.8) is 0 Å². The molecular formula is C64H122N16O12. The Hall–Kier alpha value is -6.71. The molecule has 25 N–H and O–H groups in total. The molecule has 0 aliphatic heterocycles. The van der Waals surface area contributed by atoms with Crippen LogP contribution in [0.25, 0.3) is 0 Å². The van der Waals surface area contributed by atoms with Gasteiger partial charge < -0.3 is 92.7 Å². The Morgan fingerprint density at radius 3 is 0.978 bits per heavy atom. The second kappa shape index (κ2) is 41.8. The molecule has 92 heavy (non-hydrogen) atoms. The molecule has 18 atom stereocenters. The van der Waals surface area contributed by atoms with E-state index in [2.05, 4.69) is 89.7 Å². The van der Waals surface area contributed by atoms with E-state index in [-0.39, 0.29) is 114 Å². The van der Waals surface area contributed by atoms with Crippen molar-refractivity contribution in [2.45, 2.75) is 266 Å². The first-order valence-corrected chi connectivity index (χ1v) is 33.6. The minimum Gasteiger partial charge on any atom is -0.481 e. The number of aliphatic hydroxyl groups is 2. The number of hydrogen-bond donors (Lipinski definition) is 17. The minimum absolute atomic E-state index is 0.0276. The zero-order valence-electron chi connectivity index (χ0n) is 57.4. The molecule has 0 spiro atoms. The van der Waals surface area contributed by atoms with E-state index in [0.717, 1.165) is 89.9 Å². The van der Waals surface area contributed by atoms with Crippen LogP contribution in [-0.4, -0.2) is 151 Å². The average Bonchev–Trinajstić information content (AvgIpc) is 1.66. The normalized spacial score (nSPS) is 26.8. The first-order chi connectivity index (χ1) is 43.1. The number of aliphatic imine (C=N–C) groups is 4. The number of carbonyl (C=O) groups excluding carboxylic acids is 4. The minimum atomic E-state index is -1.11. The highest BCUT2D eigenvalue weighted by molar-refractivity contribution is 5.79. The van der Waals surface area contributed by atoms with Crippen molar-refractivity contribution in [1.29, 1.82) is 0 Å². The quantitative estimate of drug-likeness (QED) is 0.0350. The number of amides is 4. The van der Waals surface area contributed by atoms with E-state index in [4.69, 9.17) is 45.9 Å². The number of guanidine groups is 4. The van der Waals surface area contributed by atoms with Crippen molar-refractivity contribution in [1.82, 2.24) is 21.3 Å². The van der Waals surface area contributed by atoms with Gasteiger partial charge in [-0.2, -0.15) is 0 Å². The summed E-state index contributed by atoms with van der Waals surface area (Å²) in [5, 5.41) is 61.4. The van der Waals surface area contributed by atoms with Crippen LogP contribution in [0.4, 0.5) is 0 Å². The molecule has 530 valence electrons. The summed E-state index contributed by atoms with van der Waals surface area (Å²) in [6.45, 7) is 24.9. The van der Waals surface area contributed by atoms with Gasteiger partial charge in [0, 0.05) is 75.5 Å². The van der Waals surface area contributed by atoms with Crippen molar-refractivity contribution in [3.8, 4) is 0 Å². The average molecular weight is 1310 g/mol. The summed E-state index contributed by atoms with van der Waals surface area (Å²) >= 11 is 0. The Labute approximate surface area is 546 Å². The summed E-state index contributed by atoms with van der Waals surface area (Å²) in [5.41, 5.74) is 44.1. The van der Waals surface area contributed by atoms with Crippen LogP contribution in [0.3, 0.4) is 0 Å². The molecule has 4 fully saturated rings. The molecule has 4 rings (SSSR count). The third kappa shape index (κ3) is 26.7. The number of rotatable bonds is 31. The number of aliphatic hydroxyl groups excluding tert-OH is 2.